The maximum absolute atomic E-state index is 13.6. The Labute approximate surface area is 143 Å². The highest BCUT2D eigenvalue weighted by Gasteiger charge is 2.45. The van der Waals surface area contributed by atoms with Gasteiger partial charge in [0.1, 0.15) is 0 Å². The number of sulfonamides is 1. The van der Waals surface area contributed by atoms with E-state index in [9.17, 15) is 12.6 Å². The van der Waals surface area contributed by atoms with Crippen LogP contribution >= 0.6 is 0 Å². The predicted molar refractivity (Wildman–Crippen MR) is 95.7 cm³/mol. The standard InChI is InChI=1S/C18H19NO3S2/c1-3-15-13-18(15)23(20,16-7-5-4-6-8-16)19-24(21,22)17-11-9-14(2)10-12-17/h3-12,15,18H,1,13H2,2H3/t15-,18-,23?/m1/s1. The Kier molecular flexibility index (Phi) is 4.36. The largest absolute Gasteiger partial charge is 0.290 e. The van der Waals surface area contributed by atoms with Gasteiger partial charge in [-0.2, -0.15) is 8.42 Å². The average Bonchev–Trinajstić information content (AvgIpc) is 3.36. The quantitative estimate of drug-likeness (QED) is 0.761. The minimum Gasteiger partial charge on any atom is -0.243 e. The van der Waals surface area contributed by atoms with E-state index < -0.39 is 19.8 Å². The Morgan fingerprint density at radius 1 is 1.00 bits per heavy atom. The first-order valence-corrected chi connectivity index (χ1v) is 10.7. The van der Waals surface area contributed by atoms with Gasteiger partial charge in [-0.05, 0) is 43.5 Å². The molecule has 2 aromatic carbocycles. The molecule has 0 bridgehead atoms. The lowest BCUT2D eigenvalue weighted by molar-refractivity contribution is 0.598. The molecule has 0 N–H and O–H groups in total. The van der Waals surface area contributed by atoms with Crippen LogP contribution in [-0.4, -0.2) is 17.9 Å². The molecule has 0 heterocycles. The SMILES string of the molecule is C=C[C@@H]1C[C@H]1S(=O)(=NS(=O)(=O)c1ccc(C)cc1)c1ccccc1. The summed E-state index contributed by atoms with van der Waals surface area (Å²) in [5.74, 6) is 0.0367. The summed E-state index contributed by atoms with van der Waals surface area (Å²) < 4.78 is 42.9. The molecular weight excluding hydrogens is 342 g/mol. The van der Waals surface area contributed by atoms with Crippen LogP contribution in [0.4, 0.5) is 0 Å². The minimum absolute atomic E-state index is 0.0367. The topological polar surface area (TPSA) is 63.6 Å². The molecule has 6 heteroatoms. The van der Waals surface area contributed by atoms with Crippen molar-refractivity contribution in [3.05, 3.63) is 72.8 Å². The fourth-order valence-electron chi connectivity index (χ4n) is 2.59. The van der Waals surface area contributed by atoms with Crippen molar-refractivity contribution in [2.45, 2.75) is 28.4 Å². The molecule has 0 amide bonds. The van der Waals surface area contributed by atoms with Gasteiger partial charge in [-0.25, -0.2) is 4.21 Å². The van der Waals surface area contributed by atoms with E-state index in [-0.39, 0.29) is 16.1 Å². The Hall–Kier alpha value is -1.92. The summed E-state index contributed by atoms with van der Waals surface area (Å²) in [6.07, 6.45) is 2.37. The molecule has 0 spiro atoms. The van der Waals surface area contributed by atoms with Crippen molar-refractivity contribution in [3.8, 4) is 0 Å². The van der Waals surface area contributed by atoms with Crippen LogP contribution in [0.3, 0.4) is 0 Å². The number of hydrogen-bond acceptors (Lipinski definition) is 3. The lowest BCUT2D eigenvalue weighted by atomic mass is 10.2. The molecule has 24 heavy (non-hydrogen) atoms. The van der Waals surface area contributed by atoms with E-state index in [2.05, 4.69) is 10.3 Å². The van der Waals surface area contributed by atoms with Crippen molar-refractivity contribution in [3.63, 3.8) is 0 Å². The Bertz CT molecular complexity index is 971. The van der Waals surface area contributed by atoms with E-state index in [0.717, 1.165) is 5.56 Å². The number of allylic oxidation sites excluding steroid dienone is 1. The van der Waals surface area contributed by atoms with Crippen LogP contribution in [0.1, 0.15) is 12.0 Å². The average molecular weight is 361 g/mol. The number of hydrogen-bond donors (Lipinski definition) is 0. The van der Waals surface area contributed by atoms with Crippen LogP contribution < -0.4 is 0 Å². The molecule has 126 valence electrons. The third-order valence-corrected chi connectivity index (χ3v) is 8.95. The Morgan fingerprint density at radius 3 is 2.17 bits per heavy atom. The molecule has 0 aliphatic heterocycles. The molecule has 3 rings (SSSR count). The van der Waals surface area contributed by atoms with Gasteiger partial charge >= 0.3 is 0 Å². The van der Waals surface area contributed by atoms with E-state index in [0.29, 0.717) is 11.3 Å². The van der Waals surface area contributed by atoms with Crippen molar-refractivity contribution >= 4 is 19.8 Å². The van der Waals surface area contributed by atoms with Crippen LogP contribution in [0.2, 0.25) is 0 Å². The van der Waals surface area contributed by atoms with E-state index in [4.69, 9.17) is 0 Å². The highest BCUT2D eigenvalue weighted by atomic mass is 32.3. The first kappa shape index (κ1) is 16.9. The summed E-state index contributed by atoms with van der Waals surface area (Å²) in [5, 5.41) is -0.308. The molecule has 1 unspecified atom stereocenters. The highest BCUT2D eigenvalue weighted by molar-refractivity contribution is 8.03. The van der Waals surface area contributed by atoms with E-state index in [1.54, 1.807) is 48.5 Å². The van der Waals surface area contributed by atoms with Gasteiger partial charge in [0, 0.05) is 4.90 Å². The van der Waals surface area contributed by atoms with Crippen molar-refractivity contribution in [2.75, 3.05) is 0 Å². The molecule has 0 saturated heterocycles. The molecule has 3 atom stereocenters. The van der Waals surface area contributed by atoms with Gasteiger partial charge in [0.2, 0.25) is 0 Å². The zero-order valence-corrected chi connectivity index (χ0v) is 15.0. The van der Waals surface area contributed by atoms with Crippen molar-refractivity contribution in [1.29, 1.82) is 0 Å². The van der Waals surface area contributed by atoms with E-state index in [1.165, 1.54) is 12.1 Å². The summed E-state index contributed by atoms with van der Waals surface area (Å²) in [6.45, 7) is 5.60. The zero-order valence-electron chi connectivity index (χ0n) is 13.3. The van der Waals surface area contributed by atoms with E-state index in [1.807, 2.05) is 6.92 Å². The first-order valence-electron chi connectivity index (χ1n) is 7.63. The number of benzene rings is 2. The number of rotatable bonds is 5. The second kappa shape index (κ2) is 6.18. The molecule has 1 saturated carbocycles. The monoisotopic (exact) mass is 361 g/mol. The van der Waals surface area contributed by atoms with Gasteiger partial charge in [0.15, 0.2) is 0 Å². The smallest absolute Gasteiger partial charge is 0.243 e. The number of nitrogens with zero attached hydrogens (tertiary/aromatic N) is 1. The lowest BCUT2D eigenvalue weighted by Crippen LogP contribution is -2.12. The van der Waals surface area contributed by atoms with Crippen molar-refractivity contribution in [2.24, 2.45) is 9.69 Å². The molecule has 4 nitrogen and oxygen atoms in total. The molecule has 2 aromatic rings. The van der Waals surface area contributed by atoms with E-state index >= 15 is 0 Å². The first-order chi connectivity index (χ1) is 11.4. The normalized spacial score (nSPS) is 22.4. The van der Waals surface area contributed by atoms with Gasteiger partial charge in [0.05, 0.1) is 19.9 Å². The molecule has 1 fully saturated rings. The third-order valence-electron chi connectivity index (χ3n) is 4.10. The maximum Gasteiger partial charge on any atom is 0.290 e. The highest BCUT2D eigenvalue weighted by Crippen LogP contribution is 2.43. The van der Waals surface area contributed by atoms with Gasteiger partial charge in [0.25, 0.3) is 10.0 Å². The second-order valence-corrected chi connectivity index (χ2v) is 10.2. The fraction of sp³-hybridized carbons (Fsp3) is 0.222. The summed E-state index contributed by atoms with van der Waals surface area (Å²) in [4.78, 5) is 0.516. The van der Waals surface area contributed by atoms with Crippen molar-refractivity contribution < 1.29 is 12.6 Å². The summed E-state index contributed by atoms with van der Waals surface area (Å²) in [6, 6.07) is 15.0. The fourth-order valence-corrected chi connectivity index (χ4v) is 7.33. The maximum atomic E-state index is 13.6. The van der Waals surface area contributed by atoms with Gasteiger partial charge in [-0.3, -0.25) is 0 Å². The predicted octanol–water partition coefficient (Wildman–Crippen LogP) is 3.79. The van der Waals surface area contributed by atoms with Crippen LogP contribution in [0.25, 0.3) is 0 Å². The summed E-state index contributed by atoms with van der Waals surface area (Å²) >= 11 is 0. The number of aryl methyl sites for hydroxylation is 1. The summed E-state index contributed by atoms with van der Waals surface area (Å²) in [7, 11) is -7.09. The molecule has 1 aliphatic carbocycles. The molecular formula is C18H19NO3S2. The Morgan fingerprint density at radius 2 is 1.62 bits per heavy atom. The minimum atomic E-state index is -4.00. The molecule has 0 aromatic heterocycles. The summed E-state index contributed by atoms with van der Waals surface area (Å²) in [5.41, 5.74) is 0.951. The van der Waals surface area contributed by atoms with Crippen molar-refractivity contribution in [1.82, 2.24) is 0 Å². The van der Waals surface area contributed by atoms with Crippen LogP contribution in [0, 0.1) is 12.8 Å². The molecule has 0 radical (unpaired) electrons. The molecule has 1 aliphatic rings. The van der Waals surface area contributed by atoms with Gasteiger partial charge in [-0.15, -0.1) is 10.3 Å². The third kappa shape index (κ3) is 3.16. The Balaban J connectivity index is 2.16. The van der Waals surface area contributed by atoms with Gasteiger partial charge in [-0.1, -0.05) is 42.0 Å². The second-order valence-electron chi connectivity index (χ2n) is 5.92. The zero-order chi connectivity index (χ0) is 17.4. The van der Waals surface area contributed by atoms with Crippen LogP contribution in [0.5, 0.6) is 0 Å². The lowest BCUT2D eigenvalue weighted by Gasteiger charge is -2.10. The van der Waals surface area contributed by atoms with Crippen LogP contribution in [0.15, 0.2) is 80.8 Å². The van der Waals surface area contributed by atoms with Crippen LogP contribution in [-0.2, 0) is 19.8 Å². The van der Waals surface area contributed by atoms with Gasteiger partial charge < -0.3 is 0 Å².